The van der Waals surface area contributed by atoms with Gasteiger partial charge in [-0.25, -0.2) is 4.68 Å². The molecule has 0 radical (unpaired) electrons. The number of anilines is 1. The number of para-hydroxylation sites is 1. The van der Waals surface area contributed by atoms with E-state index in [1.165, 1.54) is 22.0 Å². The molecule has 1 amide bonds. The molecule has 0 fully saturated rings. The normalized spacial score (nSPS) is 15.8. The van der Waals surface area contributed by atoms with Crippen molar-refractivity contribution in [1.29, 1.82) is 0 Å². The van der Waals surface area contributed by atoms with Crippen LogP contribution in [0, 0.1) is 0 Å². The summed E-state index contributed by atoms with van der Waals surface area (Å²) < 4.78 is 1.41. The van der Waals surface area contributed by atoms with Gasteiger partial charge in [0.15, 0.2) is 5.82 Å². The number of nitrogens with zero attached hydrogens (tertiary/aromatic N) is 4. The van der Waals surface area contributed by atoms with Crippen LogP contribution in [0.1, 0.15) is 12.5 Å². The second-order valence-electron chi connectivity index (χ2n) is 6.42. The quantitative estimate of drug-likeness (QED) is 0.537. The van der Waals surface area contributed by atoms with Gasteiger partial charge < -0.3 is 10.7 Å². The zero-order valence-electron chi connectivity index (χ0n) is 14.7. The minimum Gasteiger partial charge on any atom is -0.335 e. The predicted octanol–water partition coefficient (Wildman–Crippen LogP) is 3.38. The highest BCUT2D eigenvalue weighted by atomic mass is 35.5. The maximum atomic E-state index is 12.8. The molecular formula is C19H18ClN5OS. The van der Waals surface area contributed by atoms with E-state index in [-0.39, 0.29) is 17.7 Å². The zero-order chi connectivity index (χ0) is 19.0. The number of fused-ring (bicyclic) bond motifs is 1. The zero-order valence-corrected chi connectivity index (χ0v) is 16.2. The van der Waals surface area contributed by atoms with Gasteiger partial charge in [-0.15, -0.1) is 10.2 Å². The van der Waals surface area contributed by atoms with Crippen molar-refractivity contribution in [1.82, 2.24) is 14.9 Å². The molecule has 2 N–H and O–H groups in total. The van der Waals surface area contributed by atoms with Gasteiger partial charge in [0.25, 0.3) is 0 Å². The maximum absolute atomic E-state index is 12.8. The van der Waals surface area contributed by atoms with Gasteiger partial charge in [-0.1, -0.05) is 41.6 Å². The number of carbonyl (C=O) groups is 1. The number of nitrogens with two attached hydrogens (primary N) is 1. The number of hydrogen-bond acceptors (Lipinski definition) is 5. The molecule has 2 aromatic carbocycles. The van der Waals surface area contributed by atoms with Crippen LogP contribution in [0.3, 0.4) is 0 Å². The highest BCUT2D eigenvalue weighted by Crippen LogP contribution is 2.33. The van der Waals surface area contributed by atoms with Gasteiger partial charge in [0.2, 0.25) is 11.1 Å². The van der Waals surface area contributed by atoms with Crippen LogP contribution in [0.25, 0.3) is 11.4 Å². The molecule has 8 heteroatoms. The summed E-state index contributed by atoms with van der Waals surface area (Å²) in [4.78, 5) is 14.7. The summed E-state index contributed by atoms with van der Waals surface area (Å²) in [5.41, 5.74) is 3.01. The number of thioether (sulfide) groups is 1. The number of halogens is 1. The standard InChI is InChI=1S/C19H18ClN5OS/c1-12-10-14-4-2-3-5-16(14)24(12)17(26)11-27-19-23-22-18(25(19)21)13-6-8-15(20)9-7-13/h2-9,12H,10-11,21H2,1H3/t12-/m0/s1. The Morgan fingerprint density at radius 1 is 1.22 bits per heavy atom. The lowest BCUT2D eigenvalue weighted by atomic mass is 10.1. The van der Waals surface area contributed by atoms with Crippen molar-refractivity contribution < 1.29 is 4.79 Å². The molecule has 2 heterocycles. The largest absolute Gasteiger partial charge is 0.335 e. The molecule has 0 spiro atoms. The number of nitrogen functional groups attached to an aromatic ring is 1. The SMILES string of the molecule is C[C@H]1Cc2ccccc2N1C(=O)CSc1nnc(-c2ccc(Cl)cc2)n1N. The van der Waals surface area contributed by atoms with Crippen LogP contribution in [0.15, 0.2) is 53.7 Å². The number of hydrogen-bond donors (Lipinski definition) is 1. The first kappa shape index (κ1) is 17.9. The van der Waals surface area contributed by atoms with Crippen molar-refractivity contribution in [2.75, 3.05) is 16.5 Å². The fourth-order valence-electron chi connectivity index (χ4n) is 3.31. The first-order valence-electron chi connectivity index (χ1n) is 8.54. The highest BCUT2D eigenvalue weighted by molar-refractivity contribution is 7.99. The molecule has 0 bridgehead atoms. The third-order valence-electron chi connectivity index (χ3n) is 4.57. The molecule has 27 heavy (non-hydrogen) atoms. The van der Waals surface area contributed by atoms with E-state index in [1.54, 1.807) is 12.1 Å². The van der Waals surface area contributed by atoms with Gasteiger partial charge in [0.05, 0.1) is 5.75 Å². The average molecular weight is 400 g/mol. The van der Waals surface area contributed by atoms with E-state index in [1.807, 2.05) is 35.2 Å². The molecule has 3 aromatic rings. The highest BCUT2D eigenvalue weighted by Gasteiger charge is 2.30. The van der Waals surface area contributed by atoms with Crippen molar-refractivity contribution in [3.63, 3.8) is 0 Å². The molecule has 0 unspecified atom stereocenters. The Kier molecular flexibility index (Phi) is 4.80. The number of rotatable bonds is 4. The topological polar surface area (TPSA) is 77.0 Å². The molecule has 1 aliphatic rings. The summed E-state index contributed by atoms with van der Waals surface area (Å²) in [5, 5.41) is 9.40. The van der Waals surface area contributed by atoms with E-state index in [0.717, 1.165) is 17.7 Å². The Morgan fingerprint density at radius 2 is 1.96 bits per heavy atom. The van der Waals surface area contributed by atoms with Gasteiger partial charge in [0, 0.05) is 22.3 Å². The Hall–Kier alpha value is -2.51. The molecule has 6 nitrogen and oxygen atoms in total. The van der Waals surface area contributed by atoms with E-state index >= 15 is 0 Å². The van der Waals surface area contributed by atoms with Gasteiger partial charge >= 0.3 is 0 Å². The number of aromatic nitrogens is 3. The van der Waals surface area contributed by atoms with Crippen LogP contribution in [-0.4, -0.2) is 32.6 Å². The summed E-state index contributed by atoms with van der Waals surface area (Å²) in [6.07, 6.45) is 0.875. The first-order valence-corrected chi connectivity index (χ1v) is 9.90. The van der Waals surface area contributed by atoms with Gasteiger partial charge in [-0.2, -0.15) is 0 Å². The molecule has 0 aliphatic carbocycles. The Balaban J connectivity index is 1.48. The summed E-state index contributed by atoms with van der Waals surface area (Å²) in [6.45, 7) is 2.06. The summed E-state index contributed by atoms with van der Waals surface area (Å²) in [5.74, 6) is 6.94. The smallest absolute Gasteiger partial charge is 0.237 e. The minimum atomic E-state index is 0.0356. The Bertz CT molecular complexity index is 988. The Morgan fingerprint density at radius 3 is 2.74 bits per heavy atom. The lowest BCUT2D eigenvalue weighted by molar-refractivity contribution is -0.116. The van der Waals surface area contributed by atoms with Crippen LogP contribution >= 0.6 is 23.4 Å². The fraction of sp³-hybridized carbons (Fsp3) is 0.211. The van der Waals surface area contributed by atoms with Gasteiger partial charge in [-0.3, -0.25) is 4.79 Å². The fourth-order valence-corrected chi connectivity index (χ4v) is 4.15. The average Bonchev–Trinajstić information content (AvgIpc) is 3.19. The second kappa shape index (κ2) is 7.25. The third kappa shape index (κ3) is 3.40. The summed E-state index contributed by atoms with van der Waals surface area (Å²) in [7, 11) is 0. The van der Waals surface area contributed by atoms with Gasteiger partial charge in [0.1, 0.15) is 0 Å². The molecule has 4 rings (SSSR count). The van der Waals surface area contributed by atoms with E-state index in [2.05, 4.69) is 23.2 Å². The van der Waals surface area contributed by atoms with Crippen molar-refractivity contribution >= 4 is 35.0 Å². The van der Waals surface area contributed by atoms with Crippen LogP contribution in [-0.2, 0) is 11.2 Å². The number of carbonyl (C=O) groups excluding carboxylic acids is 1. The van der Waals surface area contributed by atoms with E-state index in [9.17, 15) is 4.79 Å². The maximum Gasteiger partial charge on any atom is 0.237 e. The van der Waals surface area contributed by atoms with E-state index < -0.39 is 0 Å². The number of benzene rings is 2. The molecule has 1 atom stereocenters. The van der Waals surface area contributed by atoms with E-state index in [0.29, 0.717) is 16.0 Å². The predicted molar refractivity (Wildman–Crippen MR) is 108 cm³/mol. The van der Waals surface area contributed by atoms with Crippen LogP contribution in [0.2, 0.25) is 5.02 Å². The first-order chi connectivity index (χ1) is 13.0. The molecule has 138 valence electrons. The molecule has 0 saturated heterocycles. The molecular weight excluding hydrogens is 382 g/mol. The van der Waals surface area contributed by atoms with E-state index in [4.69, 9.17) is 17.4 Å². The summed E-state index contributed by atoms with van der Waals surface area (Å²) in [6, 6.07) is 15.4. The van der Waals surface area contributed by atoms with Crippen LogP contribution in [0.5, 0.6) is 0 Å². The molecule has 1 aliphatic heterocycles. The second-order valence-corrected chi connectivity index (χ2v) is 7.80. The number of amides is 1. The van der Waals surface area contributed by atoms with Crippen LogP contribution < -0.4 is 10.7 Å². The third-order valence-corrected chi connectivity index (χ3v) is 5.75. The van der Waals surface area contributed by atoms with Crippen molar-refractivity contribution in [2.45, 2.75) is 24.5 Å². The van der Waals surface area contributed by atoms with Crippen molar-refractivity contribution in [3.8, 4) is 11.4 Å². The van der Waals surface area contributed by atoms with Crippen LogP contribution in [0.4, 0.5) is 5.69 Å². The molecule has 1 aromatic heterocycles. The monoisotopic (exact) mass is 399 g/mol. The Labute approximate surface area is 166 Å². The lowest BCUT2D eigenvalue weighted by Crippen LogP contribution is -2.37. The van der Waals surface area contributed by atoms with Crippen molar-refractivity contribution in [3.05, 3.63) is 59.1 Å². The van der Waals surface area contributed by atoms with Crippen molar-refractivity contribution in [2.24, 2.45) is 0 Å². The molecule has 0 saturated carbocycles. The minimum absolute atomic E-state index is 0.0356. The lowest BCUT2D eigenvalue weighted by Gasteiger charge is -2.22. The summed E-state index contributed by atoms with van der Waals surface area (Å²) >= 11 is 7.20. The van der Waals surface area contributed by atoms with Gasteiger partial charge in [-0.05, 0) is 49.2 Å².